The first-order valence-electron chi connectivity index (χ1n) is 11.5. The van der Waals surface area contributed by atoms with E-state index < -0.39 is 6.23 Å². The van der Waals surface area contributed by atoms with Crippen molar-refractivity contribution in [3.8, 4) is 0 Å². The molecular weight excluding hydrogens is 362 g/mol. The molecule has 2 aromatic rings. The Bertz CT molecular complexity index is 858. The van der Waals surface area contributed by atoms with Crippen molar-refractivity contribution in [1.29, 1.82) is 0 Å². The first-order chi connectivity index (χ1) is 14.2. The maximum absolute atomic E-state index is 12.8. The molecular formula is C24H33N3O2. The minimum atomic E-state index is -0.678. The molecule has 2 heterocycles. The van der Waals surface area contributed by atoms with Crippen LogP contribution in [-0.2, 0) is 0 Å². The van der Waals surface area contributed by atoms with E-state index in [1.807, 2.05) is 24.3 Å². The molecule has 0 radical (unpaired) electrons. The van der Waals surface area contributed by atoms with Gasteiger partial charge in [0.25, 0.3) is 0 Å². The molecule has 1 aromatic heterocycles. The van der Waals surface area contributed by atoms with E-state index in [4.69, 9.17) is 0 Å². The highest BCUT2D eigenvalue weighted by Crippen LogP contribution is 2.38. The summed E-state index contributed by atoms with van der Waals surface area (Å²) in [6, 6.07) is 7.95. The number of para-hydroxylation sites is 1. The van der Waals surface area contributed by atoms with Gasteiger partial charge in [0, 0.05) is 23.4 Å². The van der Waals surface area contributed by atoms with Crippen molar-refractivity contribution in [3.63, 3.8) is 0 Å². The number of piperidine rings is 1. The number of Topliss-reactive ketones (excluding diaryl/α,β-unsaturated/α-hetero) is 1. The fourth-order valence-electron chi connectivity index (χ4n) is 5.52. The number of hydrogen-bond acceptors (Lipinski definition) is 4. The number of β-amino-alcohol motifs (C(OH)–C–C–N with tert-alkyl or cyclic N) is 1. The molecule has 1 saturated heterocycles. The fraction of sp³-hybridized carbons (Fsp3) is 0.625. The molecule has 3 N–H and O–H groups in total. The Labute approximate surface area is 172 Å². The molecule has 5 nitrogen and oxygen atoms in total. The quantitative estimate of drug-likeness (QED) is 0.480. The lowest BCUT2D eigenvalue weighted by atomic mass is 9.83. The van der Waals surface area contributed by atoms with E-state index in [0.29, 0.717) is 12.2 Å². The van der Waals surface area contributed by atoms with Crippen LogP contribution in [0.1, 0.15) is 61.9 Å². The number of hydrogen-bond donors (Lipinski definition) is 3. The minimum absolute atomic E-state index is 0.148. The van der Waals surface area contributed by atoms with E-state index >= 15 is 0 Å². The molecule has 1 aromatic carbocycles. The summed E-state index contributed by atoms with van der Waals surface area (Å²) in [7, 11) is 0. The van der Waals surface area contributed by atoms with Crippen LogP contribution in [0.25, 0.3) is 10.9 Å². The van der Waals surface area contributed by atoms with Crippen LogP contribution in [0.3, 0.4) is 0 Å². The van der Waals surface area contributed by atoms with Crippen LogP contribution < -0.4 is 5.32 Å². The number of aromatic amines is 1. The average Bonchev–Trinajstić information content (AvgIpc) is 3.32. The van der Waals surface area contributed by atoms with Crippen molar-refractivity contribution in [1.82, 2.24) is 9.88 Å². The van der Waals surface area contributed by atoms with E-state index in [9.17, 15) is 9.90 Å². The van der Waals surface area contributed by atoms with Crippen molar-refractivity contribution in [2.24, 2.45) is 17.8 Å². The largest absolute Gasteiger partial charge is 0.372 e. The average molecular weight is 396 g/mol. The predicted molar refractivity (Wildman–Crippen MR) is 116 cm³/mol. The van der Waals surface area contributed by atoms with Crippen LogP contribution in [0, 0.1) is 17.8 Å². The number of ketones is 1. The Hall–Kier alpha value is -1.85. The Kier molecular flexibility index (Phi) is 5.35. The van der Waals surface area contributed by atoms with Crippen LogP contribution in [0.15, 0.2) is 24.3 Å². The summed E-state index contributed by atoms with van der Waals surface area (Å²) in [6.07, 6.45) is 9.48. The number of aliphatic hydroxyl groups excluding tert-OH is 1. The van der Waals surface area contributed by atoms with E-state index in [2.05, 4.69) is 15.2 Å². The molecule has 3 fully saturated rings. The van der Waals surface area contributed by atoms with Gasteiger partial charge >= 0.3 is 0 Å². The predicted octanol–water partition coefficient (Wildman–Crippen LogP) is 4.39. The second-order valence-electron chi connectivity index (χ2n) is 9.40. The number of benzene rings is 1. The molecule has 1 aliphatic heterocycles. The summed E-state index contributed by atoms with van der Waals surface area (Å²) in [4.78, 5) is 18.4. The van der Waals surface area contributed by atoms with Gasteiger partial charge < -0.3 is 15.4 Å². The van der Waals surface area contributed by atoms with Gasteiger partial charge in [0.05, 0.1) is 5.69 Å². The van der Waals surface area contributed by atoms with Crippen molar-refractivity contribution < 1.29 is 9.90 Å². The monoisotopic (exact) mass is 395 g/mol. The van der Waals surface area contributed by atoms with E-state index in [1.165, 1.54) is 38.5 Å². The molecule has 0 amide bonds. The normalized spacial score (nSPS) is 22.9. The number of likely N-dealkylation sites (tertiary alicyclic amines) is 1. The number of nitrogens with zero attached hydrogens (tertiary/aromatic N) is 1. The third-order valence-corrected chi connectivity index (χ3v) is 7.34. The zero-order chi connectivity index (χ0) is 19.8. The van der Waals surface area contributed by atoms with Gasteiger partial charge in [-0.05, 0) is 56.7 Å². The van der Waals surface area contributed by atoms with E-state index in [-0.39, 0.29) is 11.7 Å². The van der Waals surface area contributed by atoms with Gasteiger partial charge in [-0.25, -0.2) is 0 Å². The number of anilines is 1. The molecule has 0 bridgehead atoms. The number of fused-ring (bicyclic) bond motifs is 1. The van der Waals surface area contributed by atoms with E-state index in [1.54, 1.807) is 0 Å². The second-order valence-corrected chi connectivity index (χ2v) is 9.40. The molecule has 2 aliphatic carbocycles. The third kappa shape index (κ3) is 4.08. The minimum Gasteiger partial charge on any atom is -0.372 e. The van der Waals surface area contributed by atoms with Crippen LogP contribution in [0.2, 0.25) is 0 Å². The highest BCUT2D eigenvalue weighted by Gasteiger charge is 2.34. The number of carbonyl (C=O) groups excluding carboxylic acids is 1. The molecule has 3 aliphatic rings. The van der Waals surface area contributed by atoms with Crippen LogP contribution in [0.5, 0.6) is 0 Å². The summed E-state index contributed by atoms with van der Waals surface area (Å²) in [5.41, 5.74) is 2.35. The summed E-state index contributed by atoms with van der Waals surface area (Å²) >= 11 is 0. The van der Waals surface area contributed by atoms with Crippen molar-refractivity contribution in [3.05, 3.63) is 30.0 Å². The van der Waals surface area contributed by atoms with Gasteiger partial charge in [-0.2, -0.15) is 0 Å². The summed E-state index contributed by atoms with van der Waals surface area (Å²) in [6.45, 7) is 2.75. The molecule has 2 saturated carbocycles. The van der Waals surface area contributed by atoms with Gasteiger partial charge in [-0.15, -0.1) is 0 Å². The van der Waals surface area contributed by atoms with Gasteiger partial charge in [-0.3, -0.25) is 9.69 Å². The molecule has 5 heteroatoms. The third-order valence-electron chi connectivity index (χ3n) is 7.34. The van der Waals surface area contributed by atoms with Crippen LogP contribution in [0.4, 0.5) is 5.69 Å². The first-order valence-corrected chi connectivity index (χ1v) is 11.5. The lowest BCUT2D eigenvalue weighted by Crippen LogP contribution is -2.42. The Morgan fingerprint density at radius 3 is 2.48 bits per heavy atom. The summed E-state index contributed by atoms with van der Waals surface area (Å²) in [5, 5.41) is 15.0. The molecule has 0 spiro atoms. The maximum Gasteiger partial charge on any atom is 0.184 e. The van der Waals surface area contributed by atoms with Crippen molar-refractivity contribution in [2.75, 3.05) is 25.0 Å². The molecule has 1 unspecified atom stereocenters. The number of aliphatic hydroxyl groups is 1. The van der Waals surface area contributed by atoms with E-state index in [0.717, 1.165) is 54.4 Å². The zero-order valence-corrected chi connectivity index (χ0v) is 17.2. The van der Waals surface area contributed by atoms with Gasteiger partial charge in [0.15, 0.2) is 5.78 Å². The van der Waals surface area contributed by atoms with Gasteiger partial charge in [0.1, 0.15) is 11.9 Å². The lowest BCUT2D eigenvalue weighted by molar-refractivity contribution is 0.0917. The molecule has 29 heavy (non-hydrogen) atoms. The van der Waals surface area contributed by atoms with Crippen LogP contribution >= 0.6 is 0 Å². The number of nitrogens with one attached hydrogen (secondary N) is 2. The highest BCUT2D eigenvalue weighted by atomic mass is 16.3. The number of rotatable bonds is 7. The standard InChI is InChI=1S/C24H33N3O2/c28-21(15-27-13-11-17(12-14-27)16-5-1-2-6-16)26-22-19-7-3-4-8-20(19)25-23(22)24(29)18-9-10-18/h3-4,7-8,16-18,21,25-26,28H,1-2,5-6,9-15H2. The van der Waals surface area contributed by atoms with Crippen LogP contribution in [-0.4, -0.2) is 46.6 Å². The topological polar surface area (TPSA) is 68.4 Å². The van der Waals surface area contributed by atoms with Gasteiger partial charge in [-0.1, -0.05) is 43.9 Å². The highest BCUT2D eigenvalue weighted by molar-refractivity contribution is 6.10. The molecule has 156 valence electrons. The van der Waals surface area contributed by atoms with Crippen molar-refractivity contribution >= 4 is 22.4 Å². The number of aromatic nitrogens is 1. The Balaban J connectivity index is 1.24. The molecule has 5 rings (SSSR count). The molecule has 1 atom stereocenters. The first kappa shape index (κ1) is 19.1. The van der Waals surface area contributed by atoms with Crippen molar-refractivity contribution in [2.45, 2.75) is 57.6 Å². The zero-order valence-electron chi connectivity index (χ0n) is 17.2. The Morgan fingerprint density at radius 2 is 1.76 bits per heavy atom. The smallest absolute Gasteiger partial charge is 0.184 e. The Morgan fingerprint density at radius 1 is 1.07 bits per heavy atom. The summed E-state index contributed by atoms with van der Waals surface area (Å²) < 4.78 is 0. The second kappa shape index (κ2) is 8.11. The van der Waals surface area contributed by atoms with Gasteiger partial charge in [0.2, 0.25) is 0 Å². The number of H-pyrrole nitrogens is 1. The summed E-state index contributed by atoms with van der Waals surface area (Å²) in [5.74, 6) is 2.15. The SMILES string of the molecule is O=C(c1[nH]c2ccccc2c1NC(O)CN1CCC(C2CCCC2)CC1)C1CC1. The maximum atomic E-state index is 12.8. The fourth-order valence-corrected chi connectivity index (χ4v) is 5.52. The number of carbonyl (C=O) groups is 1. The lowest BCUT2D eigenvalue weighted by Gasteiger charge is -2.35.